The SMILES string of the molecule is CCOc1ccc(Nc2nc3nc(Oc4ccccc4)nn3c3ncccc23)cc1. The lowest BCUT2D eigenvalue weighted by atomic mass is 10.2. The topological polar surface area (TPSA) is 86.5 Å². The molecule has 0 spiro atoms. The molecule has 0 bridgehead atoms. The van der Waals surface area contributed by atoms with Crippen molar-refractivity contribution in [2.45, 2.75) is 6.92 Å². The molecule has 0 aliphatic rings. The molecule has 0 aliphatic carbocycles. The number of anilines is 2. The molecule has 1 N–H and O–H groups in total. The Morgan fingerprint density at radius 3 is 2.53 bits per heavy atom. The molecule has 148 valence electrons. The van der Waals surface area contributed by atoms with Crippen molar-refractivity contribution in [2.75, 3.05) is 11.9 Å². The number of hydrogen-bond acceptors (Lipinski definition) is 7. The number of rotatable bonds is 6. The van der Waals surface area contributed by atoms with Gasteiger partial charge in [-0.1, -0.05) is 18.2 Å². The number of para-hydroxylation sites is 1. The van der Waals surface area contributed by atoms with Crippen molar-refractivity contribution in [3.8, 4) is 17.5 Å². The molecule has 0 atom stereocenters. The minimum atomic E-state index is 0.207. The lowest BCUT2D eigenvalue weighted by molar-refractivity contribution is 0.340. The highest BCUT2D eigenvalue weighted by Crippen LogP contribution is 2.27. The minimum absolute atomic E-state index is 0.207. The van der Waals surface area contributed by atoms with E-state index in [1.54, 1.807) is 10.7 Å². The van der Waals surface area contributed by atoms with Gasteiger partial charge in [0.05, 0.1) is 12.0 Å². The maximum absolute atomic E-state index is 5.76. The van der Waals surface area contributed by atoms with Crippen molar-refractivity contribution in [1.82, 2.24) is 24.6 Å². The summed E-state index contributed by atoms with van der Waals surface area (Å²) in [6.45, 7) is 2.58. The Balaban J connectivity index is 1.54. The zero-order chi connectivity index (χ0) is 20.3. The molecule has 5 aromatic rings. The van der Waals surface area contributed by atoms with E-state index in [1.165, 1.54) is 0 Å². The normalized spacial score (nSPS) is 11.0. The average molecular weight is 398 g/mol. The number of fused-ring (bicyclic) bond motifs is 3. The number of benzene rings is 2. The molecule has 8 nitrogen and oxygen atoms in total. The molecular weight excluding hydrogens is 380 g/mol. The molecule has 0 radical (unpaired) electrons. The first kappa shape index (κ1) is 17.9. The number of aromatic nitrogens is 5. The molecule has 30 heavy (non-hydrogen) atoms. The molecule has 3 heterocycles. The van der Waals surface area contributed by atoms with Crippen LogP contribution in [-0.4, -0.2) is 31.2 Å². The van der Waals surface area contributed by atoms with Gasteiger partial charge >= 0.3 is 6.01 Å². The van der Waals surface area contributed by atoms with Gasteiger partial charge in [-0.15, -0.1) is 5.10 Å². The van der Waals surface area contributed by atoms with Crippen molar-refractivity contribution >= 4 is 28.3 Å². The molecule has 0 aliphatic heterocycles. The fraction of sp³-hybridized carbons (Fsp3) is 0.0909. The van der Waals surface area contributed by atoms with Crippen LogP contribution in [0.4, 0.5) is 11.5 Å². The minimum Gasteiger partial charge on any atom is -0.494 e. The van der Waals surface area contributed by atoms with Gasteiger partial charge in [0.25, 0.3) is 5.78 Å². The summed E-state index contributed by atoms with van der Waals surface area (Å²) in [5.74, 6) is 2.49. The first-order chi connectivity index (χ1) is 14.8. The van der Waals surface area contributed by atoms with Gasteiger partial charge in [0.2, 0.25) is 0 Å². The summed E-state index contributed by atoms with van der Waals surface area (Å²) >= 11 is 0. The van der Waals surface area contributed by atoms with E-state index >= 15 is 0 Å². The highest BCUT2D eigenvalue weighted by Gasteiger charge is 2.15. The second kappa shape index (κ2) is 7.67. The number of nitrogens with one attached hydrogen (secondary N) is 1. The largest absolute Gasteiger partial charge is 0.494 e. The van der Waals surface area contributed by atoms with Crippen LogP contribution in [0, 0.1) is 0 Å². The average Bonchev–Trinajstić information content (AvgIpc) is 3.18. The van der Waals surface area contributed by atoms with Crippen LogP contribution in [0.2, 0.25) is 0 Å². The van der Waals surface area contributed by atoms with E-state index in [-0.39, 0.29) is 6.01 Å². The standard InChI is InChI=1S/C22H18N6O2/c1-2-29-16-12-10-15(11-13-16)24-19-18-9-6-14-23-20(18)28-21(25-19)26-22(27-28)30-17-7-4-3-5-8-17/h3-14H,2H2,1H3,(H,24,25,26,27). The fourth-order valence-corrected chi connectivity index (χ4v) is 3.08. The van der Waals surface area contributed by atoms with Crippen molar-refractivity contribution in [3.63, 3.8) is 0 Å². The Hall–Kier alpha value is -4.20. The first-order valence-electron chi connectivity index (χ1n) is 9.54. The number of ether oxygens (including phenoxy) is 2. The smallest absolute Gasteiger partial charge is 0.343 e. The van der Waals surface area contributed by atoms with E-state index < -0.39 is 0 Å². The number of pyridine rings is 1. The maximum Gasteiger partial charge on any atom is 0.343 e. The van der Waals surface area contributed by atoms with Crippen LogP contribution in [0.1, 0.15) is 6.92 Å². The lowest BCUT2D eigenvalue weighted by Gasteiger charge is -2.10. The van der Waals surface area contributed by atoms with Gasteiger partial charge in [0, 0.05) is 11.9 Å². The Bertz CT molecular complexity index is 1300. The molecule has 5 rings (SSSR count). The highest BCUT2D eigenvalue weighted by atomic mass is 16.5. The van der Waals surface area contributed by atoms with E-state index in [4.69, 9.17) is 9.47 Å². The molecule has 3 aromatic heterocycles. The van der Waals surface area contributed by atoms with Crippen molar-refractivity contribution in [3.05, 3.63) is 72.9 Å². The third kappa shape index (κ3) is 3.46. The Morgan fingerprint density at radius 1 is 0.900 bits per heavy atom. The van der Waals surface area contributed by atoms with Gasteiger partial charge in [-0.3, -0.25) is 0 Å². The fourth-order valence-electron chi connectivity index (χ4n) is 3.08. The third-order valence-electron chi connectivity index (χ3n) is 4.41. The zero-order valence-electron chi connectivity index (χ0n) is 16.2. The van der Waals surface area contributed by atoms with Gasteiger partial charge in [-0.25, -0.2) is 4.98 Å². The van der Waals surface area contributed by atoms with Gasteiger partial charge < -0.3 is 14.8 Å². The molecular formula is C22H18N6O2. The summed E-state index contributed by atoms with van der Waals surface area (Å²) < 4.78 is 12.8. The van der Waals surface area contributed by atoms with E-state index in [0.29, 0.717) is 29.6 Å². The van der Waals surface area contributed by atoms with Gasteiger partial charge in [0.1, 0.15) is 17.3 Å². The van der Waals surface area contributed by atoms with Crippen molar-refractivity contribution in [1.29, 1.82) is 0 Å². The van der Waals surface area contributed by atoms with Crippen LogP contribution < -0.4 is 14.8 Å². The molecule has 8 heteroatoms. The number of nitrogens with zero attached hydrogens (tertiary/aromatic N) is 5. The molecule has 0 unspecified atom stereocenters. The molecule has 0 saturated heterocycles. The van der Waals surface area contributed by atoms with Gasteiger partial charge in [-0.05, 0) is 55.5 Å². The summed E-state index contributed by atoms with van der Waals surface area (Å²) in [5, 5.41) is 8.58. The van der Waals surface area contributed by atoms with E-state index in [0.717, 1.165) is 16.8 Å². The van der Waals surface area contributed by atoms with Gasteiger partial charge in [-0.2, -0.15) is 14.5 Å². The quantitative estimate of drug-likeness (QED) is 0.447. The van der Waals surface area contributed by atoms with Gasteiger partial charge in [0.15, 0.2) is 5.65 Å². The van der Waals surface area contributed by atoms with E-state index in [9.17, 15) is 0 Å². The van der Waals surface area contributed by atoms with Crippen LogP contribution in [0.5, 0.6) is 17.5 Å². The molecule has 0 fully saturated rings. The predicted octanol–water partition coefficient (Wildman–Crippen LogP) is 4.61. The van der Waals surface area contributed by atoms with Crippen molar-refractivity contribution < 1.29 is 9.47 Å². The lowest BCUT2D eigenvalue weighted by Crippen LogP contribution is -2.02. The Morgan fingerprint density at radius 2 is 1.73 bits per heavy atom. The molecule has 0 saturated carbocycles. The van der Waals surface area contributed by atoms with Crippen LogP contribution >= 0.6 is 0 Å². The Kier molecular flexibility index (Phi) is 4.57. The highest BCUT2D eigenvalue weighted by molar-refractivity contribution is 5.90. The molecule has 0 amide bonds. The van der Waals surface area contributed by atoms with Crippen LogP contribution in [0.3, 0.4) is 0 Å². The summed E-state index contributed by atoms with van der Waals surface area (Å²) in [6.07, 6.45) is 1.71. The summed E-state index contributed by atoms with van der Waals surface area (Å²) in [5.41, 5.74) is 1.51. The summed E-state index contributed by atoms with van der Waals surface area (Å²) in [6, 6.07) is 21.1. The zero-order valence-corrected chi connectivity index (χ0v) is 16.2. The monoisotopic (exact) mass is 398 g/mol. The van der Waals surface area contributed by atoms with Crippen molar-refractivity contribution in [2.24, 2.45) is 0 Å². The van der Waals surface area contributed by atoms with E-state index in [1.807, 2.05) is 73.7 Å². The van der Waals surface area contributed by atoms with Crippen LogP contribution in [0.15, 0.2) is 72.9 Å². The van der Waals surface area contributed by atoms with Crippen LogP contribution in [-0.2, 0) is 0 Å². The second-order valence-electron chi connectivity index (χ2n) is 6.44. The summed E-state index contributed by atoms with van der Waals surface area (Å²) in [7, 11) is 0. The Labute approximate surface area is 172 Å². The number of hydrogen-bond donors (Lipinski definition) is 1. The third-order valence-corrected chi connectivity index (χ3v) is 4.41. The summed E-state index contributed by atoms with van der Waals surface area (Å²) in [4.78, 5) is 13.5. The van der Waals surface area contributed by atoms with E-state index in [2.05, 4.69) is 25.4 Å². The maximum atomic E-state index is 5.76. The molecule has 2 aromatic carbocycles. The predicted molar refractivity (Wildman–Crippen MR) is 113 cm³/mol. The second-order valence-corrected chi connectivity index (χ2v) is 6.44. The van der Waals surface area contributed by atoms with Crippen LogP contribution in [0.25, 0.3) is 16.8 Å². The first-order valence-corrected chi connectivity index (χ1v) is 9.54.